The van der Waals surface area contributed by atoms with E-state index in [1.165, 1.54) is 50.5 Å². The van der Waals surface area contributed by atoms with Crippen LogP contribution in [-0.4, -0.2) is 18.7 Å². The Balaban J connectivity index is 1.80. The topological polar surface area (TPSA) is 55.8 Å². The van der Waals surface area contributed by atoms with E-state index in [9.17, 15) is 9.46 Å². The maximum Gasteiger partial charge on any atom is 0.373 e. The monoisotopic (exact) mass is 422 g/mol. The lowest BCUT2D eigenvalue weighted by molar-refractivity contribution is 0.311. The van der Waals surface area contributed by atoms with Gasteiger partial charge in [0.05, 0.1) is 12.1 Å². The van der Waals surface area contributed by atoms with Crippen molar-refractivity contribution in [3.63, 3.8) is 0 Å². The molecule has 3 unspecified atom stereocenters. The fourth-order valence-electron chi connectivity index (χ4n) is 5.32. The first-order chi connectivity index (χ1) is 13.4. The Bertz CT molecular complexity index is 883. The van der Waals surface area contributed by atoms with Crippen molar-refractivity contribution in [2.45, 2.75) is 51.4 Å². The van der Waals surface area contributed by atoms with E-state index in [0.29, 0.717) is 16.9 Å². The van der Waals surface area contributed by atoms with Crippen LogP contribution in [0.4, 0.5) is 0 Å². The molecular weight excluding hydrogens is 395 g/mol. The van der Waals surface area contributed by atoms with Gasteiger partial charge in [-0.05, 0) is 74.6 Å². The standard InChI is InChI=1S/C22H28ClO4P/c1-26-22(16-10-11-19(23)20(13-16)27-28(2,24)25)21-15-7-5-9-18(21)17-8-4-3-6-14(17)12-15/h10-11,13,15,18H,3-9,12H2,1-2H3,(H,24,25)/b22-21+. The van der Waals surface area contributed by atoms with Crippen LogP contribution in [0.5, 0.6) is 5.75 Å². The highest BCUT2D eigenvalue weighted by Crippen LogP contribution is 2.53. The smallest absolute Gasteiger partial charge is 0.373 e. The summed E-state index contributed by atoms with van der Waals surface area (Å²) in [5.41, 5.74) is 5.63. The number of hydrogen-bond donors (Lipinski definition) is 1. The molecule has 1 aromatic rings. The second-order valence-corrected chi connectivity index (χ2v) is 10.4. The predicted molar refractivity (Wildman–Crippen MR) is 113 cm³/mol. The van der Waals surface area contributed by atoms with Crippen molar-refractivity contribution >= 4 is 25.0 Å². The Kier molecular flexibility index (Phi) is 5.66. The van der Waals surface area contributed by atoms with Gasteiger partial charge in [-0.3, -0.25) is 0 Å². The molecule has 2 bridgehead atoms. The average Bonchev–Trinajstić information content (AvgIpc) is 2.64. The zero-order valence-corrected chi connectivity index (χ0v) is 18.2. The van der Waals surface area contributed by atoms with Crippen LogP contribution in [0.25, 0.3) is 5.76 Å². The van der Waals surface area contributed by atoms with Gasteiger partial charge in [-0.25, -0.2) is 4.57 Å². The molecule has 152 valence electrons. The minimum absolute atomic E-state index is 0.223. The normalized spacial score (nSPS) is 28.3. The summed E-state index contributed by atoms with van der Waals surface area (Å²) in [5.74, 6) is 2.12. The summed E-state index contributed by atoms with van der Waals surface area (Å²) in [6.45, 7) is 1.16. The summed E-state index contributed by atoms with van der Waals surface area (Å²) in [4.78, 5) is 9.62. The van der Waals surface area contributed by atoms with Crippen molar-refractivity contribution in [1.82, 2.24) is 0 Å². The number of benzene rings is 1. The molecule has 0 heterocycles. The fraction of sp³-hybridized carbons (Fsp3) is 0.545. The third-order valence-electron chi connectivity index (χ3n) is 6.33. The number of methoxy groups -OCH3 is 1. The molecule has 0 radical (unpaired) electrons. The number of fused-ring (bicyclic) bond motifs is 3. The maximum atomic E-state index is 11.7. The molecule has 3 aliphatic carbocycles. The molecule has 3 atom stereocenters. The van der Waals surface area contributed by atoms with Crippen LogP contribution in [-0.2, 0) is 9.30 Å². The van der Waals surface area contributed by atoms with Gasteiger partial charge in [0, 0.05) is 18.1 Å². The van der Waals surface area contributed by atoms with Crippen LogP contribution in [0.15, 0.2) is 34.9 Å². The number of halogens is 1. The van der Waals surface area contributed by atoms with Crippen molar-refractivity contribution in [3.8, 4) is 5.75 Å². The minimum Gasteiger partial charge on any atom is -0.496 e. The Morgan fingerprint density at radius 3 is 2.75 bits per heavy atom. The van der Waals surface area contributed by atoms with Crippen LogP contribution >= 0.6 is 19.2 Å². The number of allylic oxidation sites excluding steroid dienone is 3. The molecule has 3 aliphatic rings. The van der Waals surface area contributed by atoms with Gasteiger partial charge in [0.25, 0.3) is 0 Å². The Morgan fingerprint density at radius 1 is 1.21 bits per heavy atom. The third-order valence-corrected chi connectivity index (χ3v) is 7.18. The van der Waals surface area contributed by atoms with E-state index in [0.717, 1.165) is 24.4 Å². The largest absolute Gasteiger partial charge is 0.496 e. The van der Waals surface area contributed by atoms with Gasteiger partial charge >= 0.3 is 7.60 Å². The van der Waals surface area contributed by atoms with Gasteiger partial charge in [0.15, 0.2) is 0 Å². The summed E-state index contributed by atoms with van der Waals surface area (Å²) < 4.78 is 22.9. The number of rotatable bonds is 4. The highest BCUT2D eigenvalue weighted by atomic mass is 35.5. The zero-order chi connectivity index (χ0) is 19.9. The summed E-state index contributed by atoms with van der Waals surface area (Å²) in [5, 5.41) is 0.321. The van der Waals surface area contributed by atoms with Gasteiger partial charge < -0.3 is 14.2 Å². The first-order valence-electron chi connectivity index (χ1n) is 10.2. The summed E-state index contributed by atoms with van der Waals surface area (Å²) in [6, 6.07) is 5.37. The Morgan fingerprint density at radius 2 is 2.00 bits per heavy atom. The molecule has 0 aliphatic heterocycles. The van der Waals surface area contributed by atoms with Gasteiger partial charge in [0.1, 0.15) is 11.5 Å². The van der Waals surface area contributed by atoms with Gasteiger partial charge in [-0.1, -0.05) is 29.2 Å². The summed E-state index contributed by atoms with van der Waals surface area (Å²) in [7, 11) is -1.98. The molecule has 28 heavy (non-hydrogen) atoms. The van der Waals surface area contributed by atoms with Crippen LogP contribution in [0.1, 0.15) is 56.9 Å². The molecule has 6 heteroatoms. The van der Waals surface area contributed by atoms with Crippen LogP contribution in [0.3, 0.4) is 0 Å². The number of ether oxygens (including phenoxy) is 1. The van der Waals surface area contributed by atoms with Gasteiger partial charge in [-0.2, -0.15) is 0 Å². The number of hydrogen-bond acceptors (Lipinski definition) is 3. The van der Waals surface area contributed by atoms with Crippen LogP contribution in [0, 0.1) is 11.8 Å². The lowest BCUT2D eigenvalue weighted by atomic mass is 9.62. The predicted octanol–water partition coefficient (Wildman–Crippen LogP) is 6.58. The van der Waals surface area contributed by atoms with E-state index in [1.807, 2.05) is 6.07 Å². The van der Waals surface area contributed by atoms with Gasteiger partial charge in [-0.15, -0.1) is 0 Å². The summed E-state index contributed by atoms with van der Waals surface area (Å²) in [6.07, 6.45) is 9.91. The molecule has 0 aromatic heterocycles. The highest BCUT2D eigenvalue weighted by molar-refractivity contribution is 7.52. The molecule has 0 amide bonds. The van der Waals surface area contributed by atoms with E-state index >= 15 is 0 Å². The fourth-order valence-corrected chi connectivity index (χ4v) is 6.05. The van der Waals surface area contributed by atoms with Gasteiger partial charge in [0.2, 0.25) is 0 Å². The zero-order valence-electron chi connectivity index (χ0n) is 16.5. The van der Waals surface area contributed by atoms with E-state index in [-0.39, 0.29) is 5.75 Å². The van der Waals surface area contributed by atoms with Crippen molar-refractivity contribution < 1.29 is 18.7 Å². The molecule has 0 spiro atoms. The second kappa shape index (κ2) is 7.89. The van der Waals surface area contributed by atoms with E-state index in [1.54, 1.807) is 30.4 Å². The molecule has 1 aromatic carbocycles. The van der Waals surface area contributed by atoms with Crippen LogP contribution < -0.4 is 4.52 Å². The van der Waals surface area contributed by atoms with Crippen molar-refractivity contribution in [3.05, 3.63) is 45.5 Å². The Hall–Kier alpha value is -1.22. The molecule has 1 fully saturated rings. The van der Waals surface area contributed by atoms with E-state index in [4.69, 9.17) is 20.9 Å². The quantitative estimate of drug-likeness (QED) is 0.338. The maximum absolute atomic E-state index is 11.7. The SMILES string of the molecule is CO/C(=C1\C2CCCC1C1=C(CCCC1)C2)c1ccc(Cl)c(OP(C)(=O)O)c1. The first-order valence-corrected chi connectivity index (χ1v) is 12.6. The first kappa shape index (κ1) is 20.1. The minimum atomic E-state index is -3.69. The van der Waals surface area contributed by atoms with Crippen molar-refractivity contribution in [2.75, 3.05) is 13.8 Å². The second-order valence-electron chi connectivity index (χ2n) is 8.25. The van der Waals surface area contributed by atoms with E-state index < -0.39 is 7.60 Å². The molecular formula is C22H28ClO4P. The van der Waals surface area contributed by atoms with Crippen molar-refractivity contribution in [1.29, 1.82) is 0 Å². The lowest BCUT2D eigenvalue weighted by Crippen LogP contribution is -2.30. The van der Waals surface area contributed by atoms with Crippen LogP contribution in [0.2, 0.25) is 5.02 Å². The highest BCUT2D eigenvalue weighted by Gasteiger charge is 2.39. The average molecular weight is 423 g/mol. The molecule has 1 saturated carbocycles. The molecule has 4 nitrogen and oxygen atoms in total. The third kappa shape index (κ3) is 3.92. The van der Waals surface area contributed by atoms with Crippen molar-refractivity contribution in [2.24, 2.45) is 11.8 Å². The molecule has 1 N–H and O–H groups in total. The molecule has 0 saturated heterocycles. The summed E-state index contributed by atoms with van der Waals surface area (Å²) >= 11 is 6.20. The lowest BCUT2D eigenvalue weighted by Gasteiger charge is -2.43. The van der Waals surface area contributed by atoms with E-state index in [2.05, 4.69) is 0 Å². The Labute approximate surface area is 172 Å². The molecule has 4 rings (SSSR count).